The molecule has 2 unspecified atom stereocenters. The fraction of sp³-hybridized carbons (Fsp3) is 0.867. The van der Waals surface area contributed by atoms with E-state index in [1.165, 1.54) is 0 Å². The maximum Gasteiger partial charge on any atom is 0.329 e. The van der Waals surface area contributed by atoms with Gasteiger partial charge in [-0.15, -0.1) is 0 Å². The zero-order valence-electron chi connectivity index (χ0n) is 12.1. The van der Waals surface area contributed by atoms with Crippen LogP contribution >= 0.6 is 0 Å². The molecule has 20 heavy (non-hydrogen) atoms. The van der Waals surface area contributed by atoms with Gasteiger partial charge in [-0.3, -0.25) is 4.79 Å². The Morgan fingerprint density at radius 2 is 1.75 bits per heavy atom. The molecule has 5 heteroatoms. The van der Waals surface area contributed by atoms with E-state index in [1.807, 2.05) is 0 Å². The van der Waals surface area contributed by atoms with Crippen molar-refractivity contribution in [1.82, 2.24) is 5.32 Å². The predicted octanol–water partition coefficient (Wildman–Crippen LogP) is 1.66. The minimum atomic E-state index is -1.04. The van der Waals surface area contributed by atoms with Crippen molar-refractivity contribution in [2.75, 3.05) is 6.54 Å². The Kier molecular flexibility index (Phi) is 5.02. The largest absolute Gasteiger partial charge is 0.480 e. The van der Waals surface area contributed by atoms with E-state index in [1.54, 1.807) is 0 Å². The number of carbonyl (C=O) groups is 2. The summed E-state index contributed by atoms with van der Waals surface area (Å²) < 4.78 is 0. The van der Waals surface area contributed by atoms with Gasteiger partial charge >= 0.3 is 5.97 Å². The number of hydrogen-bond acceptors (Lipinski definition) is 3. The Bertz CT molecular complexity index is 364. The Labute approximate surface area is 120 Å². The van der Waals surface area contributed by atoms with Gasteiger partial charge in [0.25, 0.3) is 0 Å². The van der Waals surface area contributed by atoms with Crippen LogP contribution in [0.1, 0.15) is 57.8 Å². The summed E-state index contributed by atoms with van der Waals surface area (Å²) in [6, 6.07) is 0. The molecule has 2 aliphatic rings. The second-order valence-corrected chi connectivity index (χ2v) is 6.32. The lowest BCUT2D eigenvalue weighted by atomic mass is 9.77. The normalized spacial score (nSPS) is 29.6. The van der Waals surface area contributed by atoms with Gasteiger partial charge in [-0.1, -0.05) is 32.1 Å². The van der Waals surface area contributed by atoms with Crippen molar-refractivity contribution in [3.05, 3.63) is 0 Å². The van der Waals surface area contributed by atoms with Crippen LogP contribution in [0.4, 0.5) is 0 Å². The zero-order valence-corrected chi connectivity index (χ0v) is 12.1. The third kappa shape index (κ3) is 3.14. The summed E-state index contributed by atoms with van der Waals surface area (Å²) in [5.41, 5.74) is 4.73. The Morgan fingerprint density at radius 3 is 2.35 bits per heavy atom. The van der Waals surface area contributed by atoms with Crippen molar-refractivity contribution < 1.29 is 14.7 Å². The minimum Gasteiger partial charge on any atom is -0.480 e. The van der Waals surface area contributed by atoms with E-state index >= 15 is 0 Å². The molecule has 2 atom stereocenters. The van der Waals surface area contributed by atoms with Gasteiger partial charge in [0.1, 0.15) is 5.54 Å². The molecule has 4 N–H and O–H groups in total. The van der Waals surface area contributed by atoms with Crippen molar-refractivity contribution in [2.45, 2.75) is 63.3 Å². The summed E-state index contributed by atoms with van der Waals surface area (Å²) >= 11 is 0. The van der Waals surface area contributed by atoms with Gasteiger partial charge < -0.3 is 16.2 Å². The van der Waals surface area contributed by atoms with Crippen LogP contribution in [0.5, 0.6) is 0 Å². The summed E-state index contributed by atoms with van der Waals surface area (Å²) in [5.74, 6) is -0.875. The first-order valence-electron chi connectivity index (χ1n) is 7.84. The minimum absolute atomic E-state index is 0.0931. The van der Waals surface area contributed by atoms with Crippen LogP contribution in [0.25, 0.3) is 0 Å². The number of amides is 1. The van der Waals surface area contributed by atoms with Crippen LogP contribution < -0.4 is 11.1 Å². The van der Waals surface area contributed by atoms with Crippen molar-refractivity contribution in [1.29, 1.82) is 0 Å². The van der Waals surface area contributed by atoms with Gasteiger partial charge in [0.2, 0.25) is 5.91 Å². The van der Waals surface area contributed by atoms with E-state index in [0.717, 1.165) is 44.9 Å². The van der Waals surface area contributed by atoms with Gasteiger partial charge in [-0.05, 0) is 38.1 Å². The molecule has 0 aromatic heterocycles. The van der Waals surface area contributed by atoms with E-state index in [4.69, 9.17) is 5.73 Å². The van der Waals surface area contributed by atoms with Crippen LogP contribution in [0.2, 0.25) is 0 Å². The fourth-order valence-electron chi connectivity index (χ4n) is 3.71. The average molecular weight is 282 g/mol. The molecule has 0 aliphatic heterocycles. The van der Waals surface area contributed by atoms with Crippen LogP contribution in [0.3, 0.4) is 0 Å². The third-order valence-electron chi connectivity index (χ3n) is 5.03. The molecule has 0 radical (unpaired) electrons. The predicted molar refractivity (Wildman–Crippen MR) is 76.1 cm³/mol. The lowest BCUT2D eigenvalue weighted by molar-refractivity contribution is -0.150. The van der Waals surface area contributed by atoms with Gasteiger partial charge in [-0.25, -0.2) is 4.79 Å². The molecule has 114 valence electrons. The van der Waals surface area contributed by atoms with Gasteiger partial charge in [0, 0.05) is 5.92 Å². The highest BCUT2D eigenvalue weighted by Crippen LogP contribution is 2.33. The van der Waals surface area contributed by atoms with Gasteiger partial charge in [0.05, 0.1) is 0 Å². The van der Waals surface area contributed by atoms with E-state index in [9.17, 15) is 14.7 Å². The van der Waals surface area contributed by atoms with Crippen LogP contribution in [-0.2, 0) is 9.59 Å². The molecule has 0 aromatic carbocycles. The second kappa shape index (κ2) is 6.57. The average Bonchev–Trinajstić information content (AvgIpc) is 2.48. The number of carbonyl (C=O) groups excluding carboxylic acids is 1. The molecule has 0 saturated heterocycles. The molecule has 0 aromatic rings. The van der Waals surface area contributed by atoms with E-state index in [-0.39, 0.29) is 17.7 Å². The van der Waals surface area contributed by atoms with E-state index < -0.39 is 11.5 Å². The zero-order chi connectivity index (χ0) is 14.6. The summed E-state index contributed by atoms with van der Waals surface area (Å²) in [4.78, 5) is 24.1. The molecule has 0 bridgehead atoms. The van der Waals surface area contributed by atoms with Crippen molar-refractivity contribution in [2.24, 2.45) is 17.6 Å². The van der Waals surface area contributed by atoms with Crippen molar-refractivity contribution in [3.8, 4) is 0 Å². The molecule has 1 amide bonds. The lowest BCUT2D eigenvalue weighted by Gasteiger charge is -2.37. The lowest BCUT2D eigenvalue weighted by Crippen LogP contribution is -2.58. The number of carboxylic acids is 1. The summed E-state index contributed by atoms with van der Waals surface area (Å²) in [5, 5.41) is 12.4. The Hall–Kier alpha value is -1.10. The molecule has 2 saturated carbocycles. The number of aliphatic carboxylic acids is 1. The van der Waals surface area contributed by atoms with Crippen LogP contribution in [-0.4, -0.2) is 29.1 Å². The number of nitrogens with two attached hydrogens (primary N) is 1. The second-order valence-electron chi connectivity index (χ2n) is 6.32. The van der Waals surface area contributed by atoms with Crippen molar-refractivity contribution in [3.63, 3.8) is 0 Å². The van der Waals surface area contributed by atoms with E-state index in [0.29, 0.717) is 19.4 Å². The SMILES string of the molecule is NCC1CCCCC1C(=O)NC1(C(=O)O)CCCCC1. The Balaban J connectivity index is 2.05. The number of hydrogen-bond donors (Lipinski definition) is 3. The smallest absolute Gasteiger partial charge is 0.329 e. The standard InChI is InChI=1S/C15H26N2O3/c16-10-11-6-2-3-7-12(11)13(18)17-15(14(19)20)8-4-1-5-9-15/h11-12H,1-10,16H2,(H,17,18)(H,19,20). The quantitative estimate of drug-likeness (QED) is 0.731. The van der Waals surface area contributed by atoms with Crippen molar-refractivity contribution >= 4 is 11.9 Å². The number of carboxylic acid groups (broad SMARTS) is 1. The first kappa shape index (κ1) is 15.3. The first-order valence-corrected chi connectivity index (χ1v) is 7.84. The highest BCUT2D eigenvalue weighted by Gasteiger charge is 2.43. The highest BCUT2D eigenvalue weighted by atomic mass is 16.4. The summed E-state index contributed by atoms with van der Waals surface area (Å²) in [7, 11) is 0. The first-order chi connectivity index (χ1) is 9.59. The third-order valence-corrected chi connectivity index (χ3v) is 5.03. The maximum atomic E-state index is 12.5. The monoisotopic (exact) mass is 282 g/mol. The summed E-state index contributed by atoms with van der Waals surface area (Å²) in [6.45, 7) is 0.512. The van der Waals surface area contributed by atoms with Crippen LogP contribution in [0, 0.1) is 11.8 Å². The molecule has 0 heterocycles. The van der Waals surface area contributed by atoms with Gasteiger partial charge in [0.15, 0.2) is 0 Å². The van der Waals surface area contributed by atoms with Crippen LogP contribution in [0.15, 0.2) is 0 Å². The molecule has 2 fully saturated rings. The maximum absolute atomic E-state index is 12.5. The number of nitrogens with one attached hydrogen (secondary N) is 1. The topological polar surface area (TPSA) is 92.4 Å². The number of rotatable bonds is 4. The van der Waals surface area contributed by atoms with Gasteiger partial charge in [-0.2, -0.15) is 0 Å². The Morgan fingerprint density at radius 1 is 1.10 bits per heavy atom. The molecular formula is C15H26N2O3. The molecule has 5 nitrogen and oxygen atoms in total. The molecule has 2 aliphatic carbocycles. The highest BCUT2D eigenvalue weighted by molar-refractivity contribution is 5.88. The summed E-state index contributed by atoms with van der Waals surface area (Å²) in [6.07, 6.45) is 7.87. The fourth-order valence-corrected chi connectivity index (χ4v) is 3.71. The molecule has 0 spiro atoms. The van der Waals surface area contributed by atoms with E-state index in [2.05, 4.69) is 5.32 Å². The molecule has 2 rings (SSSR count). The molecular weight excluding hydrogens is 256 g/mol.